The molecule has 0 N–H and O–H groups in total. The monoisotopic (exact) mass is 220 g/mol. The summed E-state index contributed by atoms with van der Waals surface area (Å²) < 4.78 is 5.62. The SMILES string of the molecule is CC1(C)CN=C(c2ccc([N+](=O)[O-])cc2)O1. The lowest BCUT2D eigenvalue weighted by Crippen LogP contribution is -2.24. The van der Waals surface area contributed by atoms with Crippen LogP contribution in [0.3, 0.4) is 0 Å². The molecule has 5 nitrogen and oxygen atoms in total. The van der Waals surface area contributed by atoms with Crippen LogP contribution in [0.25, 0.3) is 0 Å². The van der Waals surface area contributed by atoms with Crippen LogP contribution >= 0.6 is 0 Å². The van der Waals surface area contributed by atoms with Crippen molar-refractivity contribution in [1.82, 2.24) is 0 Å². The number of nitro groups is 1. The number of hydrogen-bond acceptors (Lipinski definition) is 4. The molecule has 2 rings (SSSR count). The predicted octanol–water partition coefficient (Wildman–Crippen LogP) is 2.15. The Hall–Kier alpha value is -1.91. The molecule has 0 aliphatic carbocycles. The van der Waals surface area contributed by atoms with Crippen molar-refractivity contribution in [1.29, 1.82) is 0 Å². The fourth-order valence-electron chi connectivity index (χ4n) is 1.46. The summed E-state index contributed by atoms with van der Waals surface area (Å²) in [6.07, 6.45) is 0. The highest BCUT2D eigenvalue weighted by Gasteiger charge is 2.28. The smallest absolute Gasteiger partial charge is 0.269 e. The Morgan fingerprint density at radius 3 is 2.44 bits per heavy atom. The first-order valence-corrected chi connectivity index (χ1v) is 4.96. The Kier molecular flexibility index (Phi) is 2.38. The summed E-state index contributed by atoms with van der Waals surface area (Å²) >= 11 is 0. The van der Waals surface area contributed by atoms with Gasteiger partial charge in [-0.2, -0.15) is 0 Å². The number of hydrogen-bond donors (Lipinski definition) is 0. The highest BCUT2D eigenvalue weighted by molar-refractivity contribution is 5.95. The van der Waals surface area contributed by atoms with Gasteiger partial charge in [0.25, 0.3) is 5.69 Å². The molecule has 1 aliphatic rings. The molecule has 0 bridgehead atoms. The van der Waals surface area contributed by atoms with E-state index in [2.05, 4.69) is 4.99 Å². The molecular weight excluding hydrogens is 208 g/mol. The summed E-state index contributed by atoms with van der Waals surface area (Å²) in [6.45, 7) is 4.52. The van der Waals surface area contributed by atoms with Crippen molar-refractivity contribution < 1.29 is 9.66 Å². The van der Waals surface area contributed by atoms with Crippen LogP contribution in [-0.4, -0.2) is 23.0 Å². The van der Waals surface area contributed by atoms with Crippen molar-refractivity contribution in [2.75, 3.05) is 6.54 Å². The van der Waals surface area contributed by atoms with Crippen LogP contribution in [0.1, 0.15) is 19.4 Å². The van der Waals surface area contributed by atoms with Crippen LogP contribution in [0, 0.1) is 10.1 Å². The van der Waals surface area contributed by atoms with E-state index in [0.29, 0.717) is 12.4 Å². The van der Waals surface area contributed by atoms with E-state index in [4.69, 9.17) is 4.74 Å². The minimum atomic E-state index is -0.426. The number of aliphatic imine (C=N–C) groups is 1. The Balaban J connectivity index is 2.21. The zero-order valence-electron chi connectivity index (χ0n) is 9.14. The fraction of sp³-hybridized carbons (Fsp3) is 0.364. The zero-order chi connectivity index (χ0) is 11.8. The quantitative estimate of drug-likeness (QED) is 0.566. The molecule has 0 unspecified atom stereocenters. The van der Waals surface area contributed by atoms with E-state index in [1.54, 1.807) is 12.1 Å². The van der Waals surface area contributed by atoms with Gasteiger partial charge in [0.2, 0.25) is 5.90 Å². The first kappa shape index (κ1) is 10.6. The molecule has 0 saturated carbocycles. The third kappa shape index (κ3) is 2.03. The Morgan fingerprint density at radius 2 is 2.00 bits per heavy atom. The van der Waals surface area contributed by atoms with E-state index in [1.165, 1.54) is 12.1 Å². The first-order valence-electron chi connectivity index (χ1n) is 4.96. The van der Waals surface area contributed by atoms with Gasteiger partial charge in [0.05, 0.1) is 11.5 Å². The number of nitro benzene ring substituents is 1. The molecule has 0 atom stereocenters. The van der Waals surface area contributed by atoms with Gasteiger partial charge in [-0.1, -0.05) is 0 Å². The van der Waals surface area contributed by atoms with E-state index < -0.39 is 4.92 Å². The van der Waals surface area contributed by atoms with E-state index >= 15 is 0 Å². The highest BCUT2D eigenvalue weighted by Crippen LogP contribution is 2.22. The number of non-ortho nitro benzene ring substituents is 1. The average molecular weight is 220 g/mol. The molecule has 84 valence electrons. The van der Waals surface area contributed by atoms with Crippen LogP contribution < -0.4 is 0 Å². The molecule has 0 fully saturated rings. The van der Waals surface area contributed by atoms with Crippen molar-refractivity contribution in [3.8, 4) is 0 Å². The number of nitrogens with zero attached hydrogens (tertiary/aromatic N) is 2. The number of benzene rings is 1. The lowest BCUT2D eigenvalue weighted by molar-refractivity contribution is -0.384. The highest BCUT2D eigenvalue weighted by atomic mass is 16.6. The van der Waals surface area contributed by atoms with E-state index in [-0.39, 0.29) is 11.3 Å². The van der Waals surface area contributed by atoms with Crippen LogP contribution in [-0.2, 0) is 4.74 Å². The van der Waals surface area contributed by atoms with E-state index in [1.807, 2.05) is 13.8 Å². The van der Waals surface area contributed by atoms with Gasteiger partial charge < -0.3 is 4.74 Å². The van der Waals surface area contributed by atoms with Crippen molar-refractivity contribution in [2.24, 2.45) is 4.99 Å². The summed E-state index contributed by atoms with van der Waals surface area (Å²) in [5.41, 5.74) is 0.565. The molecule has 5 heteroatoms. The minimum absolute atomic E-state index is 0.0709. The Bertz CT molecular complexity index is 449. The molecule has 0 amide bonds. The minimum Gasteiger partial charge on any atom is -0.469 e. The second-order valence-electron chi connectivity index (χ2n) is 4.29. The summed E-state index contributed by atoms with van der Waals surface area (Å²) in [6, 6.07) is 6.20. The van der Waals surface area contributed by atoms with Crippen LogP contribution in [0.5, 0.6) is 0 Å². The number of rotatable bonds is 2. The van der Waals surface area contributed by atoms with Gasteiger partial charge >= 0.3 is 0 Å². The molecule has 0 aromatic heterocycles. The van der Waals surface area contributed by atoms with Crippen molar-refractivity contribution in [3.63, 3.8) is 0 Å². The second kappa shape index (κ2) is 3.59. The van der Waals surface area contributed by atoms with Gasteiger partial charge in [0.15, 0.2) is 0 Å². The first-order chi connectivity index (χ1) is 7.48. The maximum Gasteiger partial charge on any atom is 0.269 e. The van der Waals surface area contributed by atoms with Crippen molar-refractivity contribution in [3.05, 3.63) is 39.9 Å². The predicted molar refractivity (Wildman–Crippen MR) is 59.7 cm³/mol. The molecule has 0 saturated heterocycles. The van der Waals surface area contributed by atoms with Crippen molar-refractivity contribution in [2.45, 2.75) is 19.4 Å². The summed E-state index contributed by atoms with van der Waals surface area (Å²) in [5, 5.41) is 10.5. The Labute approximate surface area is 92.9 Å². The average Bonchev–Trinajstić information content (AvgIpc) is 2.59. The summed E-state index contributed by atoms with van der Waals surface area (Å²) in [4.78, 5) is 14.3. The third-order valence-electron chi connectivity index (χ3n) is 2.30. The van der Waals surface area contributed by atoms with Crippen LogP contribution in [0.15, 0.2) is 29.3 Å². The number of ether oxygens (including phenoxy) is 1. The van der Waals surface area contributed by atoms with Gasteiger partial charge in [-0.05, 0) is 26.0 Å². The maximum atomic E-state index is 10.5. The summed E-state index contributed by atoms with van der Waals surface area (Å²) in [7, 11) is 0. The van der Waals surface area contributed by atoms with Gasteiger partial charge in [-0.25, -0.2) is 4.99 Å². The second-order valence-corrected chi connectivity index (χ2v) is 4.29. The lowest BCUT2D eigenvalue weighted by Gasteiger charge is -2.17. The van der Waals surface area contributed by atoms with Gasteiger partial charge in [-0.3, -0.25) is 10.1 Å². The van der Waals surface area contributed by atoms with E-state index in [9.17, 15) is 10.1 Å². The molecule has 0 spiro atoms. The molecule has 1 aromatic rings. The van der Waals surface area contributed by atoms with E-state index in [0.717, 1.165) is 5.56 Å². The summed E-state index contributed by atoms with van der Waals surface area (Å²) in [5.74, 6) is 0.555. The third-order valence-corrected chi connectivity index (χ3v) is 2.30. The Morgan fingerprint density at radius 1 is 1.38 bits per heavy atom. The van der Waals surface area contributed by atoms with Crippen LogP contribution in [0.4, 0.5) is 5.69 Å². The van der Waals surface area contributed by atoms with Gasteiger partial charge in [0.1, 0.15) is 5.60 Å². The van der Waals surface area contributed by atoms with Gasteiger partial charge in [-0.15, -0.1) is 0 Å². The molecule has 0 radical (unpaired) electrons. The molecular formula is C11H12N2O3. The standard InChI is InChI=1S/C11H12N2O3/c1-11(2)7-12-10(16-11)8-3-5-9(6-4-8)13(14)15/h3-6H,7H2,1-2H3. The van der Waals surface area contributed by atoms with Gasteiger partial charge in [0, 0.05) is 17.7 Å². The van der Waals surface area contributed by atoms with Crippen molar-refractivity contribution >= 4 is 11.6 Å². The largest absolute Gasteiger partial charge is 0.469 e. The maximum absolute atomic E-state index is 10.5. The zero-order valence-corrected chi connectivity index (χ0v) is 9.14. The molecule has 1 heterocycles. The molecule has 1 aliphatic heterocycles. The molecule has 1 aromatic carbocycles. The van der Waals surface area contributed by atoms with Crippen LogP contribution in [0.2, 0.25) is 0 Å². The topological polar surface area (TPSA) is 64.7 Å². The lowest BCUT2D eigenvalue weighted by atomic mass is 10.1. The molecule has 16 heavy (non-hydrogen) atoms. The fourth-order valence-corrected chi connectivity index (χ4v) is 1.46. The normalized spacial score (nSPS) is 17.8.